The van der Waals surface area contributed by atoms with E-state index in [1.165, 1.54) is 97.1 Å². The van der Waals surface area contributed by atoms with Crippen molar-refractivity contribution < 1.29 is 92.1 Å². The maximum Gasteiger partial charge on any atom is 0.345 e. The predicted octanol–water partition coefficient (Wildman–Crippen LogP) is 13.4. The number of rotatable bonds is 22. The standard InChI is InChI=1S/2C34H25F5N4O5/c2*35-24-8-18(13-40)4-5-20(24)15-47-32-3-1-2-27(42-32)23-12-25(36)21(9-26(23)37)11-31-41-28-7-6-19(33(44)45)10-29(28)43(31)30-17-46-14-22(30)16-48-34(38)39/h2*1-10,12,22,30,34H,11,14-17H2,(H,44,45)/t2*22-,30-/m11/s1. The molecule has 0 bridgehead atoms. The third-order valence-corrected chi connectivity index (χ3v) is 16.0. The molecule has 28 heteroatoms. The molecular formula is C68H50F10N8O10. The van der Waals surface area contributed by atoms with Gasteiger partial charge in [-0.25, -0.2) is 55.9 Å². The highest BCUT2D eigenvalue weighted by molar-refractivity contribution is 5.93. The van der Waals surface area contributed by atoms with E-state index < -0.39 is 84.0 Å². The predicted molar refractivity (Wildman–Crippen MR) is 320 cm³/mol. The van der Waals surface area contributed by atoms with E-state index in [0.29, 0.717) is 22.1 Å². The Morgan fingerprint density at radius 3 is 1.28 bits per heavy atom. The van der Waals surface area contributed by atoms with Gasteiger partial charge in [0.25, 0.3) is 0 Å². The molecule has 4 atom stereocenters. The molecule has 10 aromatic rings. The van der Waals surface area contributed by atoms with Crippen LogP contribution in [-0.2, 0) is 45.0 Å². The number of hydrogen-bond acceptors (Lipinski definition) is 14. The molecule has 6 aromatic carbocycles. The molecule has 6 heterocycles. The number of carboxylic acid groups (broad SMARTS) is 2. The number of carbonyl (C=O) groups is 2. The summed E-state index contributed by atoms with van der Waals surface area (Å²) in [6.07, 6.45) is -0.461. The second-order valence-corrected chi connectivity index (χ2v) is 22.1. The fourth-order valence-electron chi connectivity index (χ4n) is 11.2. The summed E-state index contributed by atoms with van der Waals surface area (Å²) in [7, 11) is 0. The van der Waals surface area contributed by atoms with Crippen LogP contribution in [0.25, 0.3) is 44.6 Å². The van der Waals surface area contributed by atoms with E-state index in [1.807, 2.05) is 12.1 Å². The number of carboxylic acids is 2. The number of pyridine rings is 2. The maximum atomic E-state index is 15.7. The SMILES string of the molecule is N#Cc1ccc(COc2cccc(-c3cc(F)c(Cc4nc5ccc(C(=O)O)cc5n4[C@@H]4COC[C@@H]4COC(F)F)cc3F)n2)c(F)c1.N#Cc1ccc(COc2cccc(-c3cc(F)c(Cc4nc5ccc(C(=O)O)cc5n4[C@@H]4COC[C@@H]4COC(F)F)cc3F)n2)c(F)c1. The van der Waals surface area contributed by atoms with E-state index in [9.17, 15) is 46.1 Å². The number of benzene rings is 6. The van der Waals surface area contributed by atoms with Crippen molar-refractivity contribution in [3.8, 4) is 46.4 Å². The Morgan fingerprint density at radius 1 is 0.500 bits per heavy atom. The van der Waals surface area contributed by atoms with Crippen molar-refractivity contribution in [1.29, 1.82) is 10.5 Å². The van der Waals surface area contributed by atoms with E-state index in [1.54, 1.807) is 9.13 Å². The van der Waals surface area contributed by atoms with Crippen molar-refractivity contribution in [2.24, 2.45) is 11.8 Å². The summed E-state index contributed by atoms with van der Waals surface area (Å²) >= 11 is 0. The van der Waals surface area contributed by atoms with Crippen LogP contribution in [-0.4, -0.2) is 104 Å². The quantitative estimate of drug-likeness (QED) is 0.0600. The Labute approximate surface area is 537 Å². The van der Waals surface area contributed by atoms with Gasteiger partial charge in [-0.3, -0.25) is 0 Å². The summed E-state index contributed by atoms with van der Waals surface area (Å²) in [5.74, 6) is -7.44. The zero-order valence-corrected chi connectivity index (χ0v) is 49.8. The highest BCUT2D eigenvalue weighted by atomic mass is 19.3. The lowest BCUT2D eigenvalue weighted by Crippen LogP contribution is -2.25. The molecule has 18 nitrogen and oxygen atoms in total. The minimum absolute atomic E-state index is 0.0266. The number of fused-ring (bicyclic) bond motifs is 2. The number of aromatic nitrogens is 6. The van der Waals surface area contributed by atoms with Gasteiger partial charge in [0.2, 0.25) is 11.8 Å². The number of aromatic carboxylic acids is 2. The van der Waals surface area contributed by atoms with Crippen LogP contribution >= 0.6 is 0 Å². The number of imidazole rings is 2. The minimum atomic E-state index is -3.01. The monoisotopic (exact) mass is 1330 g/mol. The van der Waals surface area contributed by atoms with Crippen LogP contribution in [0.3, 0.4) is 0 Å². The smallest absolute Gasteiger partial charge is 0.345 e. The van der Waals surface area contributed by atoms with Crippen LogP contribution in [0.4, 0.5) is 43.9 Å². The molecule has 0 spiro atoms. The Bertz CT molecular complexity index is 4380. The summed E-state index contributed by atoms with van der Waals surface area (Å²) in [6.45, 7) is -6.84. The molecule has 2 saturated heterocycles. The lowest BCUT2D eigenvalue weighted by molar-refractivity contribution is -0.140. The summed E-state index contributed by atoms with van der Waals surface area (Å²) in [5.41, 5.74) is 1.64. The summed E-state index contributed by atoms with van der Waals surface area (Å²) in [4.78, 5) is 41.1. The molecule has 0 radical (unpaired) electrons. The van der Waals surface area contributed by atoms with Crippen LogP contribution in [0.15, 0.2) is 133 Å². The highest BCUT2D eigenvalue weighted by Crippen LogP contribution is 2.37. The van der Waals surface area contributed by atoms with E-state index in [-0.39, 0.29) is 156 Å². The third kappa shape index (κ3) is 15.1. The van der Waals surface area contributed by atoms with Crippen molar-refractivity contribution in [1.82, 2.24) is 29.1 Å². The van der Waals surface area contributed by atoms with E-state index in [4.69, 9.17) is 29.5 Å². The van der Waals surface area contributed by atoms with Crippen molar-refractivity contribution in [3.05, 3.63) is 225 Å². The highest BCUT2D eigenvalue weighted by Gasteiger charge is 2.36. The Hall–Kier alpha value is -10.8. The Morgan fingerprint density at radius 2 is 0.906 bits per heavy atom. The zero-order valence-electron chi connectivity index (χ0n) is 49.8. The van der Waals surface area contributed by atoms with Crippen molar-refractivity contribution >= 4 is 34.0 Å². The van der Waals surface area contributed by atoms with E-state index in [0.717, 1.165) is 36.4 Å². The zero-order chi connectivity index (χ0) is 67.9. The first kappa shape index (κ1) is 66.7. The molecule has 96 heavy (non-hydrogen) atoms. The van der Waals surface area contributed by atoms with Crippen LogP contribution in [0.2, 0.25) is 0 Å². The van der Waals surface area contributed by atoms with Crippen LogP contribution < -0.4 is 9.47 Å². The molecule has 0 unspecified atom stereocenters. The molecule has 12 rings (SSSR count). The number of nitrogens with zero attached hydrogens (tertiary/aromatic N) is 8. The Balaban J connectivity index is 0.000000195. The van der Waals surface area contributed by atoms with Crippen LogP contribution in [0.1, 0.15) is 77.8 Å². The second-order valence-electron chi connectivity index (χ2n) is 22.1. The fraction of sp³-hybridized carbons (Fsp3) is 0.235. The molecular weight excluding hydrogens is 1280 g/mol. The first-order valence-electron chi connectivity index (χ1n) is 29.2. The van der Waals surface area contributed by atoms with Gasteiger partial charge in [-0.1, -0.05) is 24.3 Å². The fourth-order valence-corrected chi connectivity index (χ4v) is 11.2. The first-order chi connectivity index (χ1) is 46.2. The summed E-state index contributed by atoms with van der Waals surface area (Å²) < 4.78 is 177. The van der Waals surface area contributed by atoms with Gasteiger partial charge in [0.15, 0.2) is 0 Å². The lowest BCUT2D eigenvalue weighted by atomic mass is 10.0. The average Bonchev–Trinajstić information content (AvgIpc) is 1.60. The largest absolute Gasteiger partial charge is 0.478 e. The normalized spacial score (nSPS) is 16.0. The molecule has 4 aromatic heterocycles. The Kier molecular flexibility index (Phi) is 20.3. The van der Waals surface area contributed by atoms with Crippen molar-refractivity contribution in [2.75, 3.05) is 39.6 Å². The number of alkyl halides is 4. The van der Waals surface area contributed by atoms with Crippen LogP contribution in [0, 0.1) is 69.4 Å². The second kappa shape index (κ2) is 29.2. The average molecular weight is 1330 g/mol. The number of ether oxygens (including phenoxy) is 6. The molecule has 0 amide bonds. The molecule has 492 valence electrons. The van der Waals surface area contributed by atoms with Gasteiger partial charge in [0, 0.05) is 59.1 Å². The van der Waals surface area contributed by atoms with Gasteiger partial charge in [0.1, 0.15) is 59.8 Å². The van der Waals surface area contributed by atoms with E-state index >= 15 is 17.6 Å². The van der Waals surface area contributed by atoms with Gasteiger partial charge in [0.05, 0.1) is 120 Å². The topological polar surface area (TPSA) is 239 Å². The van der Waals surface area contributed by atoms with Gasteiger partial charge in [-0.15, -0.1) is 0 Å². The van der Waals surface area contributed by atoms with Crippen molar-refractivity contribution in [2.45, 2.75) is 51.4 Å². The molecule has 0 aliphatic carbocycles. The number of nitriles is 2. The number of halogens is 10. The van der Waals surface area contributed by atoms with Gasteiger partial charge >= 0.3 is 25.2 Å². The minimum Gasteiger partial charge on any atom is -0.478 e. The van der Waals surface area contributed by atoms with Crippen molar-refractivity contribution in [3.63, 3.8) is 0 Å². The van der Waals surface area contributed by atoms with E-state index in [2.05, 4.69) is 29.4 Å². The maximum absolute atomic E-state index is 15.7. The van der Waals surface area contributed by atoms with Gasteiger partial charge in [-0.2, -0.15) is 28.1 Å². The lowest BCUT2D eigenvalue weighted by Gasteiger charge is -2.22. The summed E-state index contributed by atoms with van der Waals surface area (Å²) in [5, 5.41) is 37.0. The van der Waals surface area contributed by atoms with Gasteiger partial charge in [-0.05, 0) is 108 Å². The molecule has 0 saturated carbocycles. The number of hydrogen-bond donors (Lipinski definition) is 2. The molecule has 2 N–H and O–H groups in total. The first-order valence-corrected chi connectivity index (χ1v) is 29.2. The van der Waals surface area contributed by atoms with Gasteiger partial charge < -0.3 is 47.8 Å². The molecule has 2 aliphatic rings. The summed E-state index contributed by atoms with van der Waals surface area (Å²) in [6, 6.07) is 31.6. The molecule has 2 fully saturated rings. The van der Waals surface area contributed by atoms with Crippen LogP contribution in [0.5, 0.6) is 11.8 Å². The third-order valence-electron chi connectivity index (χ3n) is 16.0. The molecule has 2 aliphatic heterocycles.